The number of rotatable bonds is 2. The zero-order valence-electron chi connectivity index (χ0n) is 8.12. The van der Waals surface area contributed by atoms with Crippen molar-refractivity contribution < 1.29 is 4.74 Å². The third kappa shape index (κ3) is 3.40. The number of hydrogen-bond donors (Lipinski definition) is 0. The van der Waals surface area contributed by atoms with Crippen molar-refractivity contribution in [2.24, 2.45) is 0 Å². The molecule has 0 N–H and O–H groups in total. The Morgan fingerprint density at radius 2 is 1.88 bits per heavy atom. The average Bonchev–Trinajstić information content (AvgIpc) is 2.27. The van der Waals surface area contributed by atoms with Gasteiger partial charge in [-0.3, -0.25) is 0 Å². The van der Waals surface area contributed by atoms with Gasteiger partial charge in [-0.25, -0.2) is 4.98 Å². The molecule has 1 aromatic heterocycles. The Morgan fingerprint density at radius 3 is 2.59 bits per heavy atom. The van der Waals surface area contributed by atoms with E-state index in [1.165, 1.54) is 6.20 Å². The summed E-state index contributed by atoms with van der Waals surface area (Å²) in [6.07, 6.45) is 1.54. The molecule has 0 aliphatic heterocycles. The van der Waals surface area contributed by atoms with Crippen LogP contribution in [0.5, 0.6) is 11.6 Å². The Bertz CT molecular complexity index is 565. The third-order valence-corrected chi connectivity index (χ3v) is 3.62. The van der Waals surface area contributed by atoms with Gasteiger partial charge in [-0.2, -0.15) is 4.98 Å². The Hall–Kier alpha value is -0.170. The van der Waals surface area contributed by atoms with Crippen LogP contribution in [0.2, 0.25) is 5.28 Å². The summed E-state index contributed by atoms with van der Waals surface area (Å²) < 4.78 is 8.03. The Morgan fingerprint density at radius 1 is 1.12 bits per heavy atom. The highest BCUT2D eigenvalue weighted by Gasteiger charge is 2.09. The van der Waals surface area contributed by atoms with Crippen molar-refractivity contribution in [3.63, 3.8) is 0 Å². The maximum atomic E-state index is 5.71. The van der Waals surface area contributed by atoms with Crippen molar-refractivity contribution >= 4 is 59.4 Å². The number of nitrogens with zero attached hydrogens (tertiary/aromatic N) is 2. The van der Waals surface area contributed by atoms with Crippen LogP contribution in [0.3, 0.4) is 0 Å². The molecule has 0 saturated carbocycles. The number of benzene rings is 1. The van der Waals surface area contributed by atoms with Crippen molar-refractivity contribution in [1.82, 2.24) is 9.97 Å². The van der Waals surface area contributed by atoms with Gasteiger partial charge in [0, 0.05) is 10.7 Å². The quantitative estimate of drug-likeness (QED) is 0.598. The third-order valence-electron chi connectivity index (χ3n) is 1.78. The molecule has 1 aromatic carbocycles. The van der Waals surface area contributed by atoms with Gasteiger partial charge in [-0.05, 0) is 61.7 Å². The largest absolute Gasteiger partial charge is 0.437 e. The SMILES string of the molecule is Clc1ncc(Br)c(Oc2ccc(Br)cc2Br)n1. The molecule has 0 unspecified atom stereocenters. The molecule has 2 rings (SSSR count). The lowest BCUT2D eigenvalue weighted by molar-refractivity contribution is 0.455. The van der Waals surface area contributed by atoms with Gasteiger partial charge in [0.25, 0.3) is 0 Å². The first-order valence-electron chi connectivity index (χ1n) is 4.37. The van der Waals surface area contributed by atoms with Crippen LogP contribution < -0.4 is 4.74 Å². The van der Waals surface area contributed by atoms with Crippen molar-refractivity contribution in [2.75, 3.05) is 0 Å². The van der Waals surface area contributed by atoms with Crippen molar-refractivity contribution in [2.45, 2.75) is 0 Å². The summed E-state index contributed by atoms with van der Waals surface area (Å²) in [6, 6.07) is 5.57. The lowest BCUT2D eigenvalue weighted by Gasteiger charge is -2.08. The van der Waals surface area contributed by atoms with E-state index in [-0.39, 0.29) is 5.28 Å². The van der Waals surface area contributed by atoms with Gasteiger partial charge in [-0.1, -0.05) is 15.9 Å². The lowest BCUT2D eigenvalue weighted by atomic mass is 10.3. The second-order valence-corrected chi connectivity index (χ2v) is 5.93. The lowest BCUT2D eigenvalue weighted by Crippen LogP contribution is -1.92. The van der Waals surface area contributed by atoms with Crippen LogP contribution in [0, 0.1) is 0 Å². The van der Waals surface area contributed by atoms with Crippen LogP contribution in [0.25, 0.3) is 0 Å². The van der Waals surface area contributed by atoms with Gasteiger partial charge in [0.15, 0.2) is 0 Å². The van der Waals surface area contributed by atoms with Crippen LogP contribution in [0.15, 0.2) is 37.8 Å². The second kappa shape index (κ2) is 5.65. The van der Waals surface area contributed by atoms with Gasteiger partial charge in [0.2, 0.25) is 11.2 Å². The fraction of sp³-hybridized carbons (Fsp3) is 0. The highest BCUT2D eigenvalue weighted by atomic mass is 79.9. The fourth-order valence-electron chi connectivity index (χ4n) is 1.06. The van der Waals surface area contributed by atoms with E-state index in [0.29, 0.717) is 16.1 Å². The van der Waals surface area contributed by atoms with E-state index in [1.54, 1.807) is 0 Å². The number of ether oxygens (including phenoxy) is 1. The van der Waals surface area contributed by atoms with E-state index in [0.717, 1.165) is 8.95 Å². The molecule has 0 bridgehead atoms. The molecule has 3 nitrogen and oxygen atoms in total. The predicted octanol–water partition coefficient (Wildman–Crippen LogP) is 5.21. The maximum absolute atomic E-state index is 5.71. The molecular formula is C10H4Br3ClN2O. The molecule has 0 aliphatic carbocycles. The topological polar surface area (TPSA) is 35.0 Å². The normalized spacial score (nSPS) is 10.4. The predicted molar refractivity (Wildman–Crippen MR) is 76.7 cm³/mol. The van der Waals surface area contributed by atoms with E-state index >= 15 is 0 Å². The first-order chi connectivity index (χ1) is 8.06. The highest BCUT2D eigenvalue weighted by molar-refractivity contribution is 9.11. The Kier molecular flexibility index (Phi) is 4.41. The Balaban J connectivity index is 2.34. The monoisotopic (exact) mass is 440 g/mol. The highest BCUT2D eigenvalue weighted by Crippen LogP contribution is 2.34. The van der Waals surface area contributed by atoms with Crippen molar-refractivity contribution in [3.8, 4) is 11.6 Å². The minimum absolute atomic E-state index is 0.136. The molecule has 0 aliphatic rings. The van der Waals surface area contributed by atoms with Crippen molar-refractivity contribution in [1.29, 1.82) is 0 Å². The molecule has 88 valence electrons. The molecule has 0 spiro atoms. The van der Waals surface area contributed by atoms with Crippen LogP contribution in [0.4, 0.5) is 0 Å². The second-order valence-electron chi connectivity index (χ2n) is 2.97. The molecule has 1 heterocycles. The molecule has 0 atom stereocenters. The standard InChI is InChI=1S/C10H4Br3ClN2O/c11-5-1-2-8(6(12)3-5)17-9-7(13)4-15-10(14)16-9/h1-4H. The van der Waals surface area contributed by atoms with E-state index < -0.39 is 0 Å². The molecule has 0 fully saturated rings. The molecule has 0 saturated heterocycles. The number of aromatic nitrogens is 2. The van der Waals surface area contributed by atoms with E-state index in [1.807, 2.05) is 18.2 Å². The van der Waals surface area contributed by atoms with Gasteiger partial charge in [0.05, 0.1) is 8.95 Å². The Labute approximate surface area is 128 Å². The molecule has 0 radical (unpaired) electrons. The zero-order valence-corrected chi connectivity index (χ0v) is 13.6. The van der Waals surface area contributed by atoms with Crippen molar-refractivity contribution in [3.05, 3.63) is 43.1 Å². The van der Waals surface area contributed by atoms with Crippen LogP contribution in [-0.4, -0.2) is 9.97 Å². The first-order valence-corrected chi connectivity index (χ1v) is 7.13. The minimum atomic E-state index is 0.136. The van der Waals surface area contributed by atoms with Gasteiger partial charge < -0.3 is 4.74 Å². The summed E-state index contributed by atoms with van der Waals surface area (Å²) in [4.78, 5) is 7.81. The van der Waals surface area contributed by atoms with Gasteiger partial charge in [-0.15, -0.1) is 0 Å². The van der Waals surface area contributed by atoms with E-state index in [9.17, 15) is 0 Å². The average molecular weight is 443 g/mol. The van der Waals surface area contributed by atoms with Crippen LogP contribution in [-0.2, 0) is 0 Å². The molecular weight excluding hydrogens is 439 g/mol. The summed E-state index contributed by atoms with van der Waals surface area (Å²) in [6.45, 7) is 0. The molecule has 2 aromatic rings. The summed E-state index contributed by atoms with van der Waals surface area (Å²) in [7, 11) is 0. The fourth-order valence-corrected chi connectivity index (χ4v) is 2.59. The summed E-state index contributed by atoms with van der Waals surface area (Å²) in [5.41, 5.74) is 0. The molecule has 7 heteroatoms. The number of hydrogen-bond acceptors (Lipinski definition) is 3. The molecule has 0 amide bonds. The summed E-state index contributed by atoms with van der Waals surface area (Å²) in [5.74, 6) is 1.01. The van der Waals surface area contributed by atoms with Gasteiger partial charge in [0.1, 0.15) is 5.75 Å². The zero-order chi connectivity index (χ0) is 12.4. The number of halogens is 4. The van der Waals surface area contributed by atoms with E-state index in [4.69, 9.17) is 16.3 Å². The van der Waals surface area contributed by atoms with Crippen LogP contribution in [0.1, 0.15) is 0 Å². The first kappa shape index (κ1) is 13.3. The van der Waals surface area contributed by atoms with Crippen LogP contribution >= 0.6 is 59.4 Å². The minimum Gasteiger partial charge on any atom is -0.437 e. The molecule has 17 heavy (non-hydrogen) atoms. The summed E-state index contributed by atoms with van der Waals surface area (Å²) >= 11 is 15.8. The maximum Gasteiger partial charge on any atom is 0.238 e. The smallest absolute Gasteiger partial charge is 0.238 e. The van der Waals surface area contributed by atoms with E-state index in [2.05, 4.69) is 57.8 Å². The van der Waals surface area contributed by atoms with Gasteiger partial charge >= 0.3 is 0 Å². The summed E-state index contributed by atoms with van der Waals surface area (Å²) in [5, 5.41) is 0.136.